The Bertz CT molecular complexity index is 800. The van der Waals surface area contributed by atoms with Crippen molar-refractivity contribution in [3.63, 3.8) is 0 Å². The summed E-state index contributed by atoms with van der Waals surface area (Å²) in [5.41, 5.74) is 7.89. The number of hydrogen-bond donors (Lipinski definition) is 1. The van der Waals surface area contributed by atoms with Crippen molar-refractivity contribution in [3.05, 3.63) is 59.4 Å². The molecule has 0 saturated heterocycles. The summed E-state index contributed by atoms with van der Waals surface area (Å²) in [7, 11) is 0. The van der Waals surface area contributed by atoms with E-state index >= 15 is 0 Å². The van der Waals surface area contributed by atoms with Gasteiger partial charge in [-0.3, -0.25) is 4.90 Å². The van der Waals surface area contributed by atoms with Crippen LogP contribution in [0.3, 0.4) is 0 Å². The Balaban J connectivity index is 0.00000169. The average Bonchev–Trinajstić information content (AvgIpc) is 3.22. The number of furan rings is 1. The molecule has 2 aromatic heterocycles. The van der Waals surface area contributed by atoms with E-state index in [2.05, 4.69) is 33.2 Å². The molecule has 0 bridgehead atoms. The number of aromatic nitrogens is 2. The van der Waals surface area contributed by atoms with Crippen molar-refractivity contribution in [3.8, 4) is 11.3 Å². The van der Waals surface area contributed by atoms with E-state index in [0.717, 1.165) is 36.6 Å². The molecule has 0 fully saturated rings. The van der Waals surface area contributed by atoms with Gasteiger partial charge < -0.3 is 14.7 Å². The van der Waals surface area contributed by atoms with Gasteiger partial charge >= 0.3 is 0 Å². The van der Waals surface area contributed by atoms with Crippen LogP contribution in [-0.4, -0.2) is 21.6 Å². The van der Waals surface area contributed by atoms with Crippen molar-refractivity contribution in [1.29, 1.82) is 0 Å². The third-order valence-corrected chi connectivity index (χ3v) is 4.07. The van der Waals surface area contributed by atoms with E-state index in [4.69, 9.17) is 14.7 Å². The Kier molecular flexibility index (Phi) is 4.99. The summed E-state index contributed by atoms with van der Waals surface area (Å²) < 4.78 is 11.1. The van der Waals surface area contributed by atoms with Crippen molar-refractivity contribution < 1.29 is 8.94 Å². The Labute approximate surface area is 146 Å². The highest BCUT2D eigenvalue weighted by Crippen LogP contribution is 2.29. The minimum Gasteiger partial charge on any atom is -0.459 e. The molecule has 0 aliphatic carbocycles. The molecule has 2 N–H and O–H groups in total. The smallest absolute Gasteiger partial charge is 0.240 e. The Hall–Kier alpha value is -2.15. The number of nitrogens with two attached hydrogens (primary N) is 1. The lowest BCUT2D eigenvalue weighted by Gasteiger charge is -2.24. The molecule has 0 spiro atoms. The predicted molar refractivity (Wildman–Crippen MR) is 91.4 cm³/mol. The van der Waals surface area contributed by atoms with Crippen LogP contribution in [0.2, 0.25) is 0 Å². The van der Waals surface area contributed by atoms with E-state index in [1.165, 1.54) is 5.56 Å². The maximum Gasteiger partial charge on any atom is 0.240 e. The molecule has 1 aliphatic heterocycles. The molecule has 3 aromatic rings. The lowest BCUT2D eigenvalue weighted by molar-refractivity contribution is 0.214. The molecule has 3 heterocycles. The third-order valence-electron chi connectivity index (χ3n) is 4.07. The van der Waals surface area contributed by atoms with Crippen LogP contribution in [0.1, 0.15) is 23.0 Å². The first kappa shape index (κ1) is 16.7. The Morgan fingerprint density at radius 1 is 1.21 bits per heavy atom. The second-order valence-electron chi connectivity index (χ2n) is 5.69. The van der Waals surface area contributed by atoms with Gasteiger partial charge in [-0.25, -0.2) is 0 Å². The van der Waals surface area contributed by atoms with Crippen LogP contribution in [0, 0.1) is 0 Å². The fraction of sp³-hybridized carbons (Fsp3) is 0.294. The topological polar surface area (TPSA) is 81.3 Å². The summed E-state index contributed by atoms with van der Waals surface area (Å²) in [5, 5.41) is 3.95. The monoisotopic (exact) mass is 346 g/mol. The van der Waals surface area contributed by atoms with E-state index in [0.29, 0.717) is 18.3 Å². The molecule has 0 amide bonds. The van der Waals surface area contributed by atoms with Crippen molar-refractivity contribution in [1.82, 2.24) is 15.0 Å². The van der Waals surface area contributed by atoms with Gasteiger partial charge in [0.1, 0.15) is 11.5 Å². The van der Waals surface area contributed by atoms with E-state index in [9.17, 15) is 0 Å². The Morgan fingerprint density at radius 3 is 2.79 bits per heavy atom. The lowest BCUT2D eigenvalue weighted by atomic mass is 10.1. The van der Waals surface area contributed by atoms with Crippen LogP contribution < -0.4 is 5.73 Å². The highest BCUT2D eigenvalue weighted by molar-refractivity contribution is 5.85. The molecule has 1 aromatic carbocycles. The highest BCUT2D eigenvalue weighted by Gasteiger charge is 2.22. The van der Waals surface area contributed by atoms with Gasteiger partial charge in [-0.2, -0.15) is 4.98 Å². The molecule has 0 radical (unpaired) electrons. The normalized spacial score (nSPS) is 14.2. The molecule has 7 heteroatoms. The number of hydrogen-bond acceptors (Lipinski definition) is 6. The van der Waals surface area contributed by atoms with E-state index in [1.807, 2.05) is 18.2 Å². The molecule has 6 nitrogen and oxygen atoms in total. The van der Waals surface area contributed by atoms with E-state index in [-0.39, 0.29) is 19.0 Å². The molecule has 0 atom stereocenters. The number of nitrogens with zero attached hydrogens (tertiary/aromatic N) is 3. The largest absolute Gasteiger partial charge is 0.459 e. The summed E-state index contributed by atoms with van der Waals surface area (Å²) in [6.07, 6.45) is 0.966. The van der Waals surface area contributed by atoms with Crippen molar-refractivity contribution in [2.24, 2.45) is 5.73 Å². The van der Waals surface area contributed by atoms with Crippen molar-refractivity contribution in [2.75, 3.05) is 6.54 Å². The van der Waals surface area contributed by atoms with E-state index < -0.39 is 0 Å². The van der Waals surface area contributed by atoms with Gasteiger partial charge in [0.05, 0.1) is 19.6 Å². The van der Waals surface area contributed by atoms with Gasteiger partial charge in [-0.1, -0.05) is 35.5 Å². The minimum absolute atomic E-state index is 0. The lowest BCUT2D eigenvalue weighted by Crippen LogP contribution is -2.29. The average molecular weight is 347 g/mol. The van der Waals surface area contributed by atoms with Gasteiger partial charge in [0, 0.05) is 12.1 Å². The quantitative estimate of drug-likeness (QED) is 0.782. The standard InChI is InChI=1S/C17H18N4O2.ClH/c18-9-17-19-16(20-23-17)11-21-7-6-13-8-14(22-15(13)10-21)12-4-2-1-3-5-12;/h1-5,8H,6-7,9-11,18H2;1H. The van der Waals surface area contributed by atoms with Crippen LogP contribution in [0.4, 0.5) is 0 Å². The number of rotatable bonds is 4. The van der Waals surface area contributed by atoms with Crippen molar-refractivity contribution >= 4 is 12.4 Å². The zero-order valence-electron chi connectivity index (χ0n) is 13.1. The van der Waals surface area contributed by atoms with Gasteiger partial charge in [0.15, 0.2) is 5.82 Å². The van der Waals surface area contributed by atoms with Crippen LogP contribution in [0.25, 0.3) is 11.3 Å². The fourth-order valence-electron chi connectivity index (χ4n) is 2.89. The SMILES string of the molecule is Cl.NCc1nc(CN2CCc3cc(-c4ccccc4)oc3C2)no1. The van der Waals surface area contributed by atoms with Crippen LogP contribution >= 0.6 is 12.4 Å². The van der Waals surface area contributed by atoms with Crippen LogP contribution in [-0.2, 0) is 26.1 Å². The zero-order chi connectivity index (χ0) is 15.6. The summed E-state index contributed by atoms with van der Waals surface area (Å²) in [5.74, 6) is 3.10. The van der Waals surface area contributed by atoms with E-state index in [1.54, 1.807) is 0 Å². The molecule has 0 saturated carbocycles. The molecule has 1 aliphatic rings. The predicted octanol–water partition coefficient (Wildman–Crippen LogP) is 2.77. The summed E-state index contributed by atoms with van der Waals surface area (Å²) in [6, 6.07) is 12.3. The third kappa shape index (κ3) is 3.36. The molecule has 0 unspecified atom stereocenters. The second-order valence-corrected chi connectivity index (χ2v) is 5.69. The maximum atomic E-state index is 6.06. The summed E-state index contributed by atoms with van der Waals surface area (Å²) in [6.45, 7) is 2.63. The number of fused-ring (bicyclic) bond motifs is 1. The first-order valence-corrected chi connectivity index (χ1v) is 7.72. The summed E-state index contributed by atoms with van der Waals surface area (Å²) >= 11 is 0. The fourth-order valence-corrected chi connectivity index (χ4v) is 2.89. The van der Waals surface area contributed by atoms with Gasteiger partial charge in [-0.05, 0) is 18.1 Å². The first-order valence-electron chi connectivity index (χ1n) is 7.72. The number of halogens is 1. The van der Waals surface area contributed by atoms with Crippen LogP contribution in [0.15, 0.2) is 45.3 Å². The highest BCUT2D eigenvalue weighted by atomic mass is 35.5. The molecular weight excluding hydrogens is 328 g/mol. The van der Waals surface area contributed by atoms with Gasteiger partial charge in [0.2, 0.25) is 5.89 Å². The maximum absolute atomic E-state index is 6.06. The van der Waals surface area contributed by atoms with Gasteiger partial charge in [-0.15, -0.1) is 12.4 Å². The van der Waals surface area contributed by atoms with Gasteiger partial charge in [0.25, 0.3) is 0 Å². The molecule has 4 rings (SSSR count). The molecule has 126 valence electrons. The minimum atomic E-state index is 0. The molecule has 24 heavy (non-hydrogen) atoms. The summed E-state index contributed by atoms with van der Waals surface area (Å²) in [4.78, 5) is 6.51. The number of benzene rings is 1. The first-order chi connectivity index (χ1) is 11.3. The van der Waals surface area contributed by atoms with Crippen LogP contribution in [0.5, 0.6) is 0 Å². The zero-order valence-corrected chi connectivity index (χ0v) is 14.0. The second kappa shape index (κ2) is 7.17. The van der Waals surface area contributed by atoms with Crippen molar-refractivity contribution in [2.45, 2.75) is 26.1 Å². The Morgan fingerprint density at radius 2 is 2.04 bits per heavy atom. The molecular formula is C17H19ClN4O2.